The molecule has 1 aromatic heterocycles. The van der Waals surface area contributed by atoms with E-state index in [1.54, 1.807) is 0 Å². The topological polar surface area (TPSA) is 42.2 Å². The largest absolute Gasteiger partial charge is 0.423 e. The Balaban J connectivity index is 1.97. The van der Waals surface area contributed by atoms with E-state index in [-0.39, 0.29) is 5.41 Å². The van der Waals surface area contributed by atoms with Crippen molar-refractivity contribution < 1.29 is 4.42 Å². The van der Waals surface area contributed by atoms with Gasteiger partial charge in [-0.25, -0.2) is 0 Å². The van der Waals surface area contributed by atoms with Crippen molar-refractivity contribution in [1.29, 1.82) is 0 Å². The molecule has 0 bridgehead atoms. The summed E-state index contributed by atoms with van der Waals surface area (Å²) < 4.78 is 5.72. The van der Waals surface area contributed by atoms with Gasteiger partial charge in [0.1, 0.15) is 0 Å². The lowest BCUT2D eigenvalue weighted by molar-refractivity contribution is 0.160. The summed E-state index contributed by atoms with van der Waals surface area (Å²) >= 11 is 0. The van der Waals surface area contributed by atoms with Gasteiger partial charge in [-0.3, -0.25) is 4.90 Å². The molecular formula is C13H23N3O. The van der Waals surface area contributed by atoms with Crippen LogP contribution in [0.2, 0.25) is 0 Å². The van der Waals surface area contributed by atoms with Crippen LogP contribution < -0.4 is 0 Å². The third-order valence-electron chi connectivity index (χ3n) is 3.21. The van der Waals surface area contributed by atoms with Crippen LogP contribution in [0, 0.1) is 5.92 Å². The van der Waals surface area contributed by atoms with Crippen LogP contribution in [0.3, 0.4) is 0 Å². The lowest BCUT2D eigenvalue weighted by Gasteiger charge is -2.29. The molecule has 1 aliphatic heterocycles. The lowest BCUT2D eigenvalue weighted by atomic mass is 9.97. The van der Waals surface area contributed by atoms with Crippen LogP contribution in [0.4, 0.5) is 0 Å². The summed E-state index contributed by atoms with van der Waals surface area (Å²) in [5, 5.41) is 8.27. The fourth-order valence-electron chi connectivity index (χ4n) is 2.24. The van der Waals surface area contributed by atoms with Crippen LogP contribution in [0.5, 0.6) is 0 Å². The van der Waals surface area contributed by atoms with Crippen molar-refractivity contribution in [3.63, 3.8) is 0 Å². The average molecular weight is 237 g/mol. The van der Waals surface area contributed by atoms with Crippen molar-refractivity contribution in [3.05, 3.63) is 11.8 Å². The molecule has 4 nitrogen and oxygen atoms in total. The Morgan fingerprint density at radius 2 is 2.12 bits per heavy atom. The molecule has 4 heteroatoms. The molecule has 0 spiro atoms. The van der Waals surface area contributed by atoms with Gasteiger partial charge in [0.2, 0.25) is 11.8 Å². The third-order valence-corrected chi connectivity index (χ3v) is 3.21. The highest BCUT2D eigenvalue weighted by Gasteiger charge is 2.23. The van der Waals surface area contributed by atoms with E-state index in [0.29, 0.717) is 0 Å². The first-order chi connectivity index (χ1) is 7.95. The van der Waals surface area contributed by atoms with Crippen molar-refractivity contribution in [3.8, 4) is 0 Å². The molecule has 0 saturated carbocycles. The highest BCUT2D eigenvalue weighted by molar-refractivity contribution is 4.96. The molecule has 2 rings (SSSR count). The zero-order valence-corrected chi connectivity index (χ0v) is 11.4. The van der Waals surface area contributed by atoms with Crippen LogP contribution in [0.15, 0.2) is 4.42 Å². The maximum Gasteiger partial charge on any atom is 0.230 e. The Kier molecular flexibility index (Phi) is 3.52. The van der Waals surface area contributed by atoms with E-state index in [2.05, 4.69) is 42.8 Å². The molecular weight excluding hydrogens is 214 g/mol. The fourth-order valence-corrected chi connectivity index (χ4v) is 2.24. The Hall–Kier alpha value is -0.900. The molecule has 1 aromatic rings. The number of piperidine rings is 1. The van der Waals surface area contributed by atoms with Crippen molar-refractivity contribution in [2.75, 3.05) is 13.1 Å². The van der Waals surface area contributed by atoms with Gasteiger partial charge in [-0.2, -0.15) is 0 Å². The van der Waals surface area contributed by atoms with Crippen molar-refractivity contribution in [2.24, 2.45) is 5.92 Å². The number of nitrogens with zero attached hydrogens (tertiary/aromatic N) is 3. The second-order valence-electron chi connectivity index (χ2n) is 6.23. The number of rotatable bonds is 2. The molecule has 0 N–H and O–H groups in total. The van der Waals surface area contributed by atoms with Gasteiger partial charge in [0.05, 0.1) is 6.54 Å². The van der Waals surface area contributed by atoms with E-state index in [1.807, 2.05) is 0 Å². The summed E-state index contributed by atoms with van der Waals surface area (Å²) in [7, 11) is 0. The highest BCUT2D eigenvalue weighted by Crippen LogP contribution is 2.22. The van der Waals surface area contributed by atoms with Gasteiger partial charge in [-0.15, -0.1) is 10.2 Å². The summed E-state index contributed by atoms with van der Waals surface area (Å²) in [6.07, 6.45) is 2.62. The maximum absolute atomic E-state index is 5.72. The smallest absolute Gasteiger partial charge is 0.230 e. The van der Waals surface area contributed by atoms with Crippen molar-refractivity contribution in [2.45, 2.75) is 52.5 Å². The maximum atomic E-state index is 5.72. The first-order valence-electron chi connectivity index (χ1n) is 6.50. The highest BCUT2D eigenvalue weighted by atomic mass is 16.4. The molecule has 0 aromatic carbocycles. The Labute approximate surface area is 103 Å². The monoisotopic (exact) mass is 237 g/mol. The molecule has 0 amide bonds. The molecule has 1 aliphatic rings. The number of hydrogen-bond acceptors (Lipinski definition) is 4. The van der Waals surface area contributed by atoms with Gasteiger partial charge >= 0.3 is 0 Å². The molecule has 0 unspecified atom stereocenters. The first-order valence-corrected chi connectivity index (χ1v) is 6.50. The summed E-state index contributed by atoms with van der Waals surface area (Å²) in [5.41, 5.74) is -0.0551. The number of hydrogen-bond donors (Lipinski definition) is 0. The third kappa shape index (κ3) is 3.28. The second kappa shape index (κ2) is 4.77. The summed E-state index contributed by atoms with van der Waals surface area (Å²) in [5.74, 6) is 2.27. The van der Waals surface area contributed by atoms with Gasteiger partial charge in [0.15, 0.2) is 0 Å². The molecule has 2 heterocycles. The van der Waals surface area contributed by atoms with Gasteiger partial charge in [0, 0.05) is 12.0 Å². The molecule has 1 saturated heterocycles. The quantitative estimate of drug-likeness (QED) is 0.793. The molecule has 1 fully saturated rings. The fraction of sp³-hybridized carbons (Fsp3) is 0.846. The van der Waals surface area contributed by atoms with Crippen LogP contribution >= 0.6 is 0 Å². The van der Waals surface area contributed by atoms with Crippen molar-refractivity contribution >= 4 is 0 Å². The zero-order chi connectivity index (χ0) is 12.5. The molecule has 0 radical (unpaired) electrons. The Morgan fingerprint density at radius 3 is 2.71 bits per heavy atom. The predicted molar refractivity (Wildman–Crippen MR) is 66.7 cm³/mol. The number of likely N-dealkylation sites (tertiary alicyclic amines) is 1. The van der Waals surface area contributed by atoms with Crippen molar-refractivity contribution in [1.82, 2.24) is 15.1 Å². The minimum atomic E-state index is -0.0551. The van der Waals surface area contributed by atoms with E-state index in [4.69, 9.17) is 4.42 Å². The average Bonchev–Trinajstić information content (AvgIpc) is 2.65. The van der Waals surface area contributed by atoms with E-state index in [0.717, 1.165) is 37.3 Å². The minimum Gasteiger partial charge on any atom is -0.423 e. The molecule has 0 aliphatic carbocycles. The SMILES string of the molecule is C[C@@H]1CCCN(Cc2nnc(C(C)(C)C)o2)C1. The molecule has 17 heavy (non-hydrogen) atoms. The lowest BCUT2D eigenvalue weighted by Crippen LogP contribution is -2.33. The number of aromatic nitrogens is 2. The van der Waals surface area contributed by atoms with Crippen LogP contribution in [-0.2, 0) is 12.0 Å². The van der Waals surface area contributed by atoms with E-state index >= 15 is 0 Å². The first kappa shape index (κ1) is 12.6. The summed E-state index contributed by atoms with van der Waals surface area (Å²) in [6.45, 7) is 11.7. The van der Waals surface area contributed by atoms with E-state index < -0.39 is 0 Å². The van der Waals surface area contributed by atoms with E-state index in [9.17, 15) is 0 Å². The van der Waals surface area contributed by atoms with Gasteiger partial charge < -0.3 is 4.42 Å². The van der Waals surface area contributed by atoms with E-state index in [1.165, 1.54) is 12.8 Å². The predicted octanol–water partition coefficient (Wildman–Crippen LogP) is 2.60. The molecule has 96 valence electrons. The van der Waals surface area contributed by atoms with Gasteiger partial charge in [-0.05, 0) is 25.3 Å². The normalized spacial score (nSPS) is 22.9. The van der Waals surface area contributed by atoms with Crippen LogP contribution in [-0.4, -0.2) is 28.2 Å². The van der Waals surface area contributed by atoms with Gasteiger partial charge in [0.25, 0.3) is 0 Å². The second-order valence-corrected chi connectivity index (χ2v) is 6.23. The Bertz CT molecular complexity index is 367. The zero-order valence-electron chi connectivity index (χ0n) is 11.4. The van der Waals surface area contributed by atoms with Crippen LogP contribution in [0.25, 0.3) is 0 Å². The Morgan fingerprint density at radius 1 is 1.35 bits per heavy atom. The van der Waals surface area contributed by atoms with Gasteiger partial charge in [-0.1, -0.05) is 27.7 Å². The summed E-state index contributed by atoms with van der Waals surface area (Å²) in [4.78, 5) is 2.41. The van der Waals surface area contributed by atoms with Crippen LogP contribution in [0.1, 0.15) is 52.3 Å². The molecule has 1 atom stereocenters. The minimum absolute atomic E-state index is 0.0551. The summed E-state index contributed by atoms with van der Waals surface area (Å²) in [6, 6.07) is 0. The standard InChI is InChI=1S/C13H23N3O/c1-10-6-5-7-16(8-10)9-11-14-15-12(17-11)13(2,3)4/h10H,5-9H2,1-4H3/t10-/m1/s1.